The predicted octanol–water partition coefficient (Wildman–Crippen LogP) is 2.23. The molecule has 1 heteroatoms. The van der Waals surface area contributed by atoms with E-state index in [0.717, 1.165) is 0 Å². The van der Waals surface area contributed by atoms with Crippen molar-refractivity contribution < 1.29 is 0 Å². The maximum absolute atomic E-state index is 5.58. The van der Waals surface area contributed by atoms with Gasteiger partial charge < -0.3 is 0 Å². The molecule has 37 valence electrons. The second-order valence-electron chi connectivity index (χ2n) is 1.69. The summed E-state index contributed by atoms with van der Waals surface area (Å²) in [6.07, 6.45) is 0. The van der Waals surface area contributed by atoms with Crippen LogP contribution in [0.4, 0.5) is 0 Å². The lowest BCUT2D eigenvalue weighted by Gasteiger charge is -2.02. The van der Waals surface area contributed by atoms with Crippen LogP contribution in [0, 0.1) is 5.92 Å². The largest absolute Gasteiger partial charge is 0.123 e. The number of halogens is 1. The van der Waals surface area contributed by atoms with Gasteiger partial charge in [-0.1, -0.05) is 13.8 Å². The molecule has 1 radical (unpaired) electrons. The van der Waals surface area contributed by atoms with E-state index in [-0.39, 0.29) is 5.38 Å². The molecule has 0 amide bonds. The van der Waals surface area contributed by atoms with E-state index < -0.39 is 0 Å². The fourth-order valence-corrected chi connectivity index (χ4v) is 0. The second kappa shape index (κ2) is 2.46. The Kier molecular flexibility index (Phi) is 2.58. The summed E-state index contributed by atoms with van der Waals surface area (Å²) in [5.41, 5.74) is 0. The van der Waals surface area contributed by atoms with Gasteiger partial charge in [-0.3, -0.25) is 0 Å². The SMILES string of the molecule is C[C](C)C(C)Cl. The van der Waals surface area contributed by atoms with Crippen molar-refractivity contribution in [2.75, 3.05) is 0 Å². The van der Waals surface area contributed by atoms with Gasteiger partial charge in [0.05, 0.1) is 0 Å². The molecule has 1 atom stereocenters. The van der Waals surface area contributed by atoms with Crippen LogP contribution in [-0.4, -0.2) is 5.38 Å². The van der Waals surface area contributed by atoms with Crippen LogP contribution in [0.2, 0.25) is 0 Å². The van der Waals surface area contributed by atoms with E-state index in [9.17, 15) is 0 Å². The Balaban J connectivity index is 2.99. The van der Waals surface area contributed by atoms with Gasteiger partial charge >= 0.3 is 0 Å². The molecule has 1 unspecified atom stereocenters. The number of hydrogen-bond acceptors (Lipinski definition) is 0. The van der Waals surface area contributed by atoms with Crippen molar-refractivity contribution >= 4 is 11.6 Å². The smallest absolute Gasteiger partial charge is 0.0364 e. The summed E-state index contributed by atoms with van der Waals surface area (Å²) >= 11 is 5.58. The number of hydrogen-bond donors (Lipinski definition) is 0. The summed E-state index contributed by atoms with van der Waals surface area (Å²) < 4.78 is 0. The molecule has 0 aromatic rings. The van der Waals surface area contributed by atoms with Crippen LogP contribution >= 0.6 is 11.6 Å². The lowest BCUT2D eigenvalue weighted by atomic mass is 10.2. The highest BCUT2D eigenvalue weighted by atomic mass is 35.5. The van der Waals surface area contributed by atoms with Crippen LogP contribution in [0.5, 0.6) is 0 Å². The normalized spacial score (nSPS) is 15.5. The molecular weight excluding hydrogens is 95.5 g/mol. The molecule has 0 saturated heterocycles. The maximum Gasteiger partial charge on any atom is 0.0364 e. The highest BCUT2D eigenvalue weighted by Gasteiger charge is 1.99. The summed E-state index contributed by atoms with van der Waals surface area (Å²) in [6.45, 7) is 6.02. The minimum absolute atomic E-state index is 0.241. The molecule has 0 nitrogen and oxygen atoms in total. The van der Waals surface area contributed by atoms with E-state index in [1.54, 1.807) is 0 Å². The molecule has 0 fully saturated rings. The van der Waals surface area contributed by atoms with Gasteiger partial charge in [0, 0.05) is 5.38 Å². The van der Waals surface area contributed by atoms with E-state index in [4.69, 9.17) is 11.6 Å². The summed E-state index contributed by atoms with van der Waals surface area (Å²) in [5.74, 6) is 1.27. The Hall–Kier alpha value is 0.290. The van der Waals surface area contributed by atoms with Gasteiger partial charge in [-0.25, -0.2) is 0 Å². The van der Waals surface area contributed by atoms with Crippen molar-refractivity contribution in [1.82, 2.24) is 0 Å². The summed E-state index contributed by atoms with van der Waals surface area (Å²) in [7, 11) is 0. The summed E-state index contributed by atoms with van der Waals surface area (Å²) in [5, 5.41) is 0.241. The third-order valence-corrected chi connectivity index (χ3v) is 1.23. The van der Waals surface area contributed by atoms with Gasteiger partial charge in [0.2, 0.25) is 0 Å². The molecule has 0 heterocycles. The minimum atomic E-state index is 0.241. The quantitative estimate of drug-likeness (QED) is 0.449. The molecule has 6 heavy (non-hydrogen) atoms. The topological polar surface area (TPSA) is 0 Å². The fourth-order valence-electron chi connectivity index (χ4n) is 0. The first kappa shape index (κ1) is 6.29. The molecule has 0 aromatic heterocycles. The standard InChI is InChI=1S/C5H10Cl/c1-4(2)5(3)6/h5H,1-3H3. The Bertz CT molecular complexity index is 24.9. The third-order valence-electron chi connectivity index (χ3n) is 0.796. The summed E-state index contributed by atoms with van der Waals surface area (Å²) in [4.78, 5) is 0. The summed E-state index contributed by atoms with van der Waals surface area (Å²) in [6, 6.07) is 0. The Morgan fingerprint density at radius 2 is 1.67 bits per heavy atom. The van der Waals surface area contributed by atoms with E-state index in [1.807, 2.05) is 20.8 Å². The van der Waals surface area contributed by atoms with Gasteiger partial charge in [-0.2, -0.15) is 0 Å². The van der Waals surface area contributed by atoms with E-state index in [0.29, 0.717) is 0 Å². The highest BCUT2D eigenvalue weighted by molar-refractivity contribution is 6.21. The Morgan fingerprint density at radius 3 is 1.67 bits per heavy atom. The molecular formula is C5H10Cl. The Morgan fingerprint density at radius 1 is 1.50 bits per heavy atom. The zero-order valence-electron chi connectivity index (χ0n) is 4.46. The molecule has 0 bridgehead atoms. The zero-order valence-corrected chi connectivity index (χ0v) is 5.21. The van der Waals surface area contributed by atoms with Gasteiger partial charge in [0.1, 0.15) is 0 Å². The molecule has 0 aromatic carbocycles. The van der Waals surface area contributed by atoms with Gasteiger partial charge in [0.15, 0.2) is 0 Å². The van der Waals surface area contributed by atoms with Gasteiger partial charge in [0.25, 0.3) is 0 Å². The lowest BCUT2D eigenvalue weighted by Crippen LogP contribution is -1.96. The highest BCUT2D eigenvalue weighted by Crippen LogP contribution is 2.08. The zero-order chi connectivity index (χ0) is 5.15. The van der Waals surface area contributed by atoms with Crippen molar-refractivity contribution in [2.45, 2.75) is 26.1 Å². The van der Waals surface area contributed by atoms with Crippen molar-refractivity contribution in [1.29, 1.82) is 0 Å². The number of alkyl halides is 1. The molecule has 0 saturated carbocycles. The first-order valence-corrected chi connectivity index (χ1v) is 2.52. The first-order chi connectivity index (χ1) is 2.64. The van der Waals surface area contributed by atoms with E-state index in [1.165, 1.54) is 5.92 Å². The monoisotopic (exact) mass is 105 g/mol. The average Bonchev–Trinajstić information content (AvgIpc) is 1.36. The van der Waals surface area contributed by atoms with Crippen LogP contribution in [-0.2, 0) is 0 Å². The second-order valence-corrected chi connectivity index (χ2v) is 2.35. The minimum Gasteiger partial charge on any atom is -0.123 e. The lowest BCUT2D eigenvalue weighted by molar-refractivity contribution is 0.932. The molecule has 0 N–H and O–H groups in total. The predicted molar refractivity (Wildman–Crippen MR) is 29.9 cm³/mol. The van der Waals surface area contributed by atoms with Crippen LogP contribution in [0.1, 0.15) is 20.8 Å². The first-order valence-electron chi connectivity index (χ1n) is 2.08. The van der Waals surface area contributed by atoms with Crippen LogP contribution in [0.3, 0.4) is 0 Å². The number of rotatable bonds is 1. The Labute approximate surface area is 44.5 Å². The van der Waals surface area contributed by atoms with Crippen molar-refractivity contribution in [3.05, 3.63) is 5.92 Å². The maximum atomic E-state index is 5.58. The fraction of sp³-hybridized carbons (Fsp3) is 0.800. The van der Waals surface area contributed by atoms with Crippen molar-refractivity contribution in [3.63, 3.8) is 0 Å². The van der Waals surface area contributed by atoms with Crippen molar-refractivity contribution in [2.24, 2.45) is 0 Å². The van der Waals surface area contributed by atoms with Crippen molar-refractivity contribution in [3.8, 4) is 0 Å². The van der Waals surface area contributed by atoms with Gasteiger partial charge in [-0.15, -0.1) is 11.6 Å². The molecule has 0 aliphatic heterocycles. The van der Waals surface area contributed by atoms with Gasteiger partial charge in [-0.05, 0) is 12.8 Å². The molecule has 0 aliphatic rings. The van der Waals surface area contributed by atoms with Crippen LogP contribution < -0.4 is 0 Å². The molecule has 0 rings (SSSR count). The molecule has 0 spiro atoms. The van der Waals surface area contributed by atoms with E-state index in [2.05, 4.69) is 0 Å². The van der Waals surface area contributed by atoms with Crippen LogP contribution in [0.15, 0.2) is 0 Å². The average molecular weight is 106 g/mol. The van der Waals surface area contributed by atoms with Crippen LogP contribution in [0.25, 0.3) is 0 Å². The third kappa shape index (κ3) is 2.52. The van der Waals surface area contributed by atoms with E-state index >= 15 is 0 Å². The molecule has 0 aliphatic carbocycles.